The summed E-state index contributed by atoms with van der Waals surface area (Å²) in [5.41, 5.74) is 3.63. The maximum atomic E-state index is 9.56. The number of hydrogen-bond acceptors (Lipinski definition) is 2. The lowest BCUT2D eigenvalue weighted by atomic mass is 10.0. The Morgan fingerprint density at radius 3 is 2.73 bits per heavy atom. The molecule has 0 heterocycles. The van der Waals surface area contributed by atoms with Crippen molar-refractivity contribution in [2.24, 2.45) is 0 Å². The molecule has 0 saturated carbocycles. The lowest BCUT2D eigenvalue weighted by Gasteiger charge is -2.05. The van der Waals surface area contributed by atoms with Gasteiger partial charge in [0.1, 0.15) is 0 Å². The van der Waals surface area contributed by atoms with Crippen LogP contribution < -0.4 is 4.74 Å². The number of ether oxygens (including phenoxy) is 1. The van der Waals surface area contributed by atoms with E-state index in [1.165, 1.54) is 11.1 Å². The van der Waals surface area contributed by atoms with Gasteiger partial charge in [-0.25, -0.2) is 0 Å². The summed E-state index contributed by atoms with van der Waals surface area (Å²) in [6, 6.07) is 11.4. The van der Waals surface area contributed by atoms with Gasteiger partial charge in [-0.15, -0.1) is 0 Å². The van der Waals surface area contributed by atoms with Gasteiger partial charge in [0.25, 0.3) is 0 Å². The van der Waals surface area contributed by atoms with Crippen LogP contribution in [0.25, 0.3) is 6.08 Å². The van der Waals surface area contributed by atoms with Crippen LogP contribution in [0.15, 0.2) is 42.5 Å². The molecular weight excluding hydrogens is 296 g/mol. The third-order valence-corrected chi connectivity index (χ3v) is 3.87. The van der Waals surface area contributed by atoms with Gasteiger partial charge in [0.2, 0.25) is 0 Å². The second-order valence-corrected chi connectivity index (χ2v) is 5.73. The summed E-state index contributed by atoms with van der Waals surface area (Å²) in [6.07, 6.45) is 7.35. The Morgan fingerprint density at radius 1 is 1.18 bits per heavy atom. The van der Waals surface area contributed by atoms with Crippen molar-refractivity contribution < 1.29 is 9.84 Å². The van der Waals surface area contributed by atoms with Crippen LogP contribution in [0.1, 0.15) is 29.5 Å². The third kappa shape index (κ3) is 4.54. The summed E-state index contributed by atoms with van der Waals surface area (Å²) in [5, 5.41) is 10.4. The molecule has 0 amide bonds. The fourth-order valence-electron chi connectivity index (χ4n) is 2.37. The number of allylic oxidation sites excluding steroid dienone is 1. The first kappa shape index (κ1) is 16.4. The van der Waals surface area contributed by atoms with E-state index in [1.807, 2.05) is 24.3 Å². The van der Waals surface area contributed by atoms with Crippen molar-refractivity contribution >= 4 is 17.7 Å². The number of methoxy groups -OCH3 is 1. The molecule has 0 aliphatic heterocycles. The smallest absolute Gasteiger partial charge is 0.161 e. The zero-order valence-corrected chi connectivity index (χ0v) is 13.7. The normalized spacial score (nSPS) is 11.0. The fraction of sp³-hybridized carbons (Fsp3) is 0.263. The first-order valence-electron chi connectivity index (χ1n) is 7.38. The summed E-state index contributed by atoms with van der Waals surface area (Å²) in [4.78, 5) is 0. The van der Waals surface area contributed by atoms with E-state index < -0.39 is 0 Å². The minimum absolute atomic E-state index is 0.165. The average molecular weight is 317 g/mol. The SMILES string of the molecule is COc1cc(C=CCCCc2ccc(Cl)cc2C)ccc1O. The van der Waals surface area contributed by atoms with Crippen molar-refractivity contribution in [3.63, 3.8) is 0 Å². The highest BCUT2D eigenvalue weighted by molar-refractivity contribution is 6.30. The van der Waals surface area contributed by atoms with Crippen LogP contribution in [-0.4, -0.2) is 12.2 Å². The topological polar surface area (TPSA) is 29.5 Å². The summed E-state index contributed by atoms with van der Waals surface area (Å²) in [5.74, 6) is 0.664. The number of phenolic OH excluding ortho intramolecular Hbond substituents is 1. The molecule has 2 rings (SSSR count). The van der Waals surface area contributed by atoms with E-state index in [-0.39, 0.29) is 5.75 Å². The molecule has 0 aliphatic rings. The molecule has 2 aromatic rings. The molecule has 2 aromatic carbocycles. The average Bonchev–Trinajstić information content (AvgIpc) is 2.50. The Kier molecular flexibility index (Phi) is 5.91. The van der Waals surface area contributed by atoms with Gasteiger partial charge in [-0.1, -0.05) is 35.9 Å². The number of benzene rings is 2. The molecule has 0 aliphatic carbocycles. The first-order valence-corrected chi connectivity index (χ1v) is 7.76. The summed E-state index contributed by atoms with van der Waals surface area (Å²) in [6.45, 7) is 2.10. The number of hydrogen-bond donors (Lipinski definition) is 1. The van der Waals surface area contributed by atoms with E-state index in [0.29, 0.717) is 5.75 Å². The molecule has 0 atom stereocenters. The van der Waals surface area contributed by atoms with Crippen molar-refractivity contribution in [2.75, 3.05) is 7.11 Å². The maximum absolute atomic E-state index is 9.56. The molecule has 0 fully saturated rings. The van der Waals surface area contributed by atoms with E-state index in [4.69, 9.17) is 16.3 Å². The number of aromatic hydroxyl groups is 1. The zero-order valence-electron chi connectivity index (χ0n) is 13.0. The minimum atomic E-state index is 0.165. The van der Waals surface area contributed by atoms with Crippen LogP contribution in [0.5, 0.6) is 11.5 Å². The zero-order chi connectivity index (χ0) is 15.9. The summed E-state index contributed by atoms with van der Waals surface area (Å²) >= 11 is 5.97. The standard InChI is InChI=1S/C19H21ClO2/c1-14-12-17(20)10-9-16(14)7-5-3-4-6-15-8-11-18(21)19(13-15)22-2/h4,6,8-13,21H,3,5,7H2,1-2H3. The number of aryl methyl sites for hydroxylation is 2. The van der Waals surface area contributed by atoms with E-state index in [2.05, 4.69) is 25.1 Å². The lowest BCUT2D eigenvalue weighted by molar-refractivity contribution is 0.373. The molecule has 0 spiro atoms. The first-order chi connectivity index (χ1) is 10.6. The van der Waals surface area contributed by atoms with Gasteiger partial charge in [-0.2, -0.15) is 0 Å². The largest absolute Gasteiger partial charge is 0.504 e. The second kappa shape index (κ2) is 7.90. The van der Waals surface area contributed by atoms with Crippen molar-refractivity contribution in [2.45, 2.75) is 26.2 Å². The minimum Gasteiger partial charge on any atom is -0.504 e. The van der Waals surface area contributed by atoms with E-state index in [9.17, 15) is 5.11 Å². The van der Waals surface area contributed by atoms with Gasteiger partial charge in [0, 0.05) is 5.02 Å². The molecule has 0 unspecified atom stereocenters. The number of unbranched alkanes of at least 4 members (excludes halogenated alkanes) is 1. The Balaban J connectivity index is 1.85. The molecule has 2 nitrogen and oxygen atoms in total. The van der Waals surface area contributed by atoms with Gasteiger partial charge in [-0.3, -0.25) is 0 Å². The molecule has 3 heteroatoms. The van der Waals surface area contributed by atoms with Gasteiger partial charge < -0.3 is 9.84 Å². The van der Waals surface area contributed by atoms with Crippen LogP contribution >= 0.6 is 11.6 Å². The highest BCUT2D eigenvalue weighted by Gasteiger charge is 2.01. The van der Waals surface area contributed by atoms with E-state index in [0.717, 1.165) is 29.8 Å². The monoisotopic (exact) mass is 316 g/mol. The molecule has 22 heavy (non-hydrogen) atoms. The van der Waals surface area contributed by atoms with Crippen molar-refractivity contribution in [1.82, 2.24) is 0 Å². The predicted molar refractivity (Wildman–Crippen MR) is 92.8 cm³/mol. The predicted octanol–water partition coefficient (Wildman–Crippen LogP) is 5.40. The molecule has 116 valence electrons. The fourth-order valence-corrected chi connectivity index (χ4v) is 2.59. The molecule has 0 bridgehead atoms. The van der Waals surface area contributed by atoms with Crippen molar-refractivity contribution in [3.8, 4) is 11.5 Å². The number of halogens is 1. The molecule has 0 saturated heterocycles. The van der Waals surface area contributed by atoms with Crippen LogP contribution in [0.3, 0.4) is 0 Å². The molecule has 0 aromatic heterocycles. The maximum Gasteiger partial charge on any atom is 0.161 e. The summed E-state index contributed by atoms with van der Waals surface area (Å²) in [7, 11) is 1.55. The van der Waals surface area contributed by atoms with Crippen LogP contribution in [0, 0.1) is 6.92 Å². The van der Waals surface area contributed by atoms with Crippen LogP contribution in [-0.2, 0) is 6.42 Å². The highest BCUT2D eigenvalue weighted by atomic mass is 35.5. The molecule has 1 N–H and O–H groups in total. The van der Waals surface area contributed by atoms with Crippen LogP contribution in [0.2, 0.25) is 5.02 Å². The van der Waals surface area contributed by atoms with Gasteiger partial charge in [0.15, 0.2) is 11.5 Å². The lowest BCUT2D eigenvalue weighted by Crippen LogP contribution is -1.89. The van der Waals surface area contributed by atoms with E-state index >= 15 is 0 Å². The van der Waals surface area contributed by atoms with Crippen LogP contribution in [0.4, 0.5) is 0 Å². The number of rotatable bonds is 6. The second-order valence-electron chi connectivity index (χ2n) is 5.30. The molecular formula is C19H21ClO2. The third-order valence-electron chi connectivity index (χ3n) is 3.64. The van der Waals surface area contributed by atoms with Gasteiger partial charge in [-0.05, 0) is 67.1 Å². The quantitative estimate of drug-likeness (QED) is 0.723. The number of phenols is 1. The Labute approximate surface area is 137 Å². The Morgan fingerprint density at radius 2 is 2.00 bits per heavy atom. The van der Waals surface area contributed by atoms with Crippen molar-refractivity contribution in [1.29, 1.82) is 0 Å². The highest BCUT2D eigenvalue weighted by Crippen LogP contribution is 2.26. The van der Waals surface area contributed by atoms with E-state index in [1.54, 1.807) is 13.2 Å². The molecule has 0 radical (unpaired) electrons. The Hall–Kier alpha value is -1.93. The Bertz CT molecular complexity index is 662. The van der Waals surface area contributed by atoms with Crippen molar-refractivity contribution in [3.05, 3.63) is 64.2 Å². The van der Waals surface area contributed by atoms with Gasteiger partial charge in [0.05, 0.1) is 7.11 Å². The van der Waals surface area contributed by atoms with Gasteiger partial charge >= 0.3 is 0 Å². The summed E-state index contributed by atoms with van der Waals surface area (Å²) < 4.78 is 5.10.